The molecule has 3 N–H and O–H groups in total. The Labute approximate surface area is 133 Å². The van der Waals surface area contributed by atoms with Gasteiger partial charge >= 0.3 is 5.69 Å². The van der Waals surface area contributed by atoms with E-state index in [1.165, 1.54) is 0 Å². The number of aromatic nitrogens is 3. The van der Waals surface area contributed by atoms with Crippen LogP contribution in [0, 0.1) is 18.3 Å². The Hall–Kier alpha value is -2.78. The lowest BCUT2D eigenvalue weighted by molar-refractivity contribution is 0.573. The summed E-state index contributed by atoms with van der Waals surface area (Å²) in [4.78, 5) is 16.8. The third-order valence-corrected chi connectivity index (χ3v) is 4.39. The van der Waals surface area contributed by atoms with Gasteiger partial charge in [0.1, 0.15) is 11.8 Å². The fraction of sp³-hybridized carbons (Fsp3) is 0.294. The smallest absolute Gasteiger partial charge is 0.323 e. The zero-order valence-corrected chi connectivity index (χ0v) is 13.4. The van der Waals surface area contributed by atoms with Gasteiger partial charge in [-0.2, -0.15) is 5.26 Å². The van der Waals surface area contributed by atoms with E-state index >= 15 is 0 Å². The molecule has 118 valence electrons. The molecule has 1 aromatic carbocycles. The number of nitrogens with one attached hydrogen (secondary N) is 3. The van der Waals surface area contributed by atoms with Crippen molar-refractivity contribution in [2.75, 3.05) is 0 Å². The third-order valence-electron chi connectivity index (χ3n) is 4.39. The van der Waals surface area contributed by atoms with Crippen LogP contribution in [0.4, 0.5) is 0 Å². The van der Waals surface area contributed by atoms with Gasteiger partial charge in [-0.1, -0.05) is 6.07 Å². The van der Waals surface area contributed by atoms with Gasteiger partial charge in [-0.05, 0) is 43.2 Å². The summed E-state index contributed by atoms with van der Waals surface area (Å²) >= 11 is 0. The summed E-state index contributed by atoms with van der Waals surface area (Å²) in [6.07, 6.45) is 0. The maximum atomic E-state index is 11.3. The van der Waals surface area contributed by atoms with Gasteiger partial charge in [-0.25, -0.2) is 4.79 Å². The van der Waals surface area contributed by atoms with Crippen molar-refractivity contribution < 1.29 is 0 Å². The standard InChI is InChI=1S/C17H19N5O/c1-10(12-4-5-15-16(7-12)21-17(23)20-15)19-9-13-6-14(8-18)22(3)11(13)2/h4-7,10,19H,9H2,1-3H3,(H2,20,21,23). The first-order valence-corrected chi connectivity index (χ1v) is 7.50. The summed E-state index contributed by atoms with van der Waals surface area (Å²) < 4.78 is 1.90. The van der Waals surface area contributed by atoms with Crippen LogP contribution in [-0.4, -0.2) is 14.5 Å². The van der Waals surface area contributed by atoms with Gasteiger partial charge in [0.15, 0.2) is 0 Å². The summed E-state index contributed by atoms with van der Waals surface area (Å²) in [6, 6.07) is 10.1. The van der Waals surface area contributed by atoms with Crippen molar-refractivity contribution in [2.24, 2.45) is 7.05 Å². The summed E-state index contributed by atoms with van der Waals surface area (Å²) in [6.45, 7) is 4.78. The minimum absolute atomic E-state index is 0.128. The topological polar surface area (TPSA) is 89.4 Å². The normalized spacial score (nSPS) is 12.4. The van der Waals surface area contributed by atoms with Gasteiger partial charge in [0.2, 0.25) is 0 Å². The highest BCUT2D eigenvalue weighted by molar-refractivity contribution is 5.75. The largest absolute Gasteiger partial charge is 0.340 e. The van der Waals surface area contributed by atoms with E-state index < -0.39 is 0 Å². The van der Waals surface area contributed by atoms with E-state index in [0.717, 1.165) is 27.9 Å². The highest BCUT2D eigenvalue weighted by Gasteiger charge is 2.11. The fourth-order valence-electron chi connectivity index (χ4n) is 2.75. The number of hydrogen-bond acceptors (Lipinski definition) is 3. The highest BCUT2D eigenvalue weighted by Crippen LogP contribution is 2.19. The van der Waals surface area contributed by atoms with Crippen LogP contribution in [0.15, 0.2) is 29.1 Å². The number of hydrogen-bond donors (Lipinski definition) is 3. The molecule has 1 atom stereocenters. The first-order chi connectivity index (χ1) is 11.0. The number of nitrogens with zero attached hydrogens (tertiary/aromatic N) is 2. The van der Waals surface area contributed by atoms with Gasteiger partial charge in [0, 0.05) is 25.3 Å². The second kappa shape index (κ2) is 5.78. The minimum atomic E-state index is -0.193. The van der Waals surface area contributed by atoms with Crippen LogP contribution in [0.3, 0.4) is 0 Å². The molecule has 0 radical (unpaired) electrons. The van der Waals surface area contributed by atoms with Gasteiger partial charge < -0.3 is 19.9 Å². The molecule has 2 heterocycles. The number of rotatable bonds is 4. The molecule has 1 unspecified atom stereocenters. The maximum absolute atomic E-state index is 11.3. The van der Waals surface area contributed by atoms with Crippen molar-refractivity contribution >= 4 is 11.0 Å². The number of nitriles is 1. The third kappa shape index (κ3) is 2.79. The van der Waals surface area contributed by atoms with Gasteiger partial charge in [0.05, 0.1) is 11.0 Å². The van der Waals surface area contributed by atoms with E-state index in [9.17, 15) is 4.79 Å². The Kier molecular flexibility index (Phi) is 3.80. The SMILES string of the molecule is Cc1c(CNC(C)c2ccc3[nH]c(=O)[nH]c3c2)cc(C#N)n1C. The molecule has 23 heavy (non-hydrogen) atoms. The first kappa shape index (κ1) is 15.1. The molecule has 6 nitrogen and oxygen atoms in total. The minimum Gasteiger partial charge on any atom is -0.340 e. The monoisotopic (exact) mass is 309 g/mol. The molecule has 0 bridgehead atoms. The van der Waals surface area contributed by atoms with E-state index in [0.29, 0.717) is 12.2 Å². The highest BCUT2D eigenvalue weighted by atomic mass is 16.1. The number of fused-ring (bicyclic) bond motifs is 1. The molecule has 0 saturated carbocycles. The molecule has 6 heteroatoms. The number of aromatic amines is 2. The molecule has 0 aliphatic heterocycles. The molecule has 0 amide bonds. The van der Waals surface area contributed by atoms with E-state index in [4.69, 9.17) is 5.26 Å². The predicted octanol–water partition coefficient (Wildman–Crippen LogP) is 2.23. The van der Waals surface area contributed by atoms with Crippen LogP contribution < -0.4 is 11.0 Å². The van der Waals surface area contributed by atoms with Crippen molar-refractivity contribution in [3.8, 4) is 6.07 Å². The Morgan fingerprint density at radius 3 is 2.74 bits per heavy atom. The van der Waals surface area contributed by atoms with Crippen LogP contribution >= 0.6 is 0 Å². The quantitative estimate of drug-likeness (QED) is 0.690. The second-order valence-electron chi connectivity index (χ2n) is 5.80. The lowest BCUT2D eigenvalue weighted by Crippen LogP contribution is -2.18. The average Bonchev–Trinajstić information content (AvgIpc) is 3.04. The maximum Gasteiger partial charge on any atom is 0.323 e. The molecule has 3 aromatic rings. The zero-order chi connectivity index (χ0) is 16.6. The Bertz CT molecular complexity index is 954. The Morgan fingerprint density at radius 1 is 1.30 bits per heavy atom. The fourth-order valence-corrected chi connectivity index (χ4v) is 2.75. The molecular formula is C17H19N5O. The van der Waals surface area contributed by atoms with E-state index in [-0.39, 0.29) is 11.7 Å². The Balaban J connectivity index is 1.77. The van der Waals surface area contributed by atoms with Crippen molar-refractivity contribution in [1.82, 2.24) is 19.9 Å². The zero-order valence-electron chi connectivity index (χ0n) is 13.4. The molecular weight excluding hydrogens is 290 g/mol. The van der Waals surface area contributed by atoms with Crippen LogP contribution in [-0.2, 0) is 13.6 Å². The van der Waals surface area contributed by atoms with Crippen LogP contribution in [0.25, 0.3) is 11.0 Å². The van der Waals surface area contributed by atoms with Crippen molar-refractivity contribution in [2.45, 2.75) is 26.4 Å². The predicted molar refractivity (Wildman–Crippen MR) is 89.0 cm³/mol. The molecule has 3 rings (SSSR count). The molecule has 0 aliphatic carbocycles. The lowest BCUT2D eigenvalue weighted by Gasteiger charge is -2.14. The van der Waals surface area contributed by atoms with Gasteiger partial charge in [0.25, 0.3) is 0 Å². The molecule has 2 aromatic heterocycles. The number of imidazole rings is 1. The molecule has 0 aliphatic rings. The summed E-state index contributed by atoms with van der Waals surface area (Å²) in [5.41, 5.74) is 5.40. The average molecular weight is 309 g/mol. The van der Waals surface area contributed by atoms with Crippen molar-refractivity contribution in [1.29, 1.82) is 5.26 Å². The van der Waals surface area contributed by atoms with Crippen molar-refractivity contribution in [3.63, 3.8) is 0 Å². The molecule has 0 fully saturated rings. The van der Waals surface area contributed by atoms with Crippen LogP contribution in [0.2, 0.25) is 0 Å². The van der Waals surface area contributed by atoms with E-state index in [2.05, 4.69) is 28.3 Å². The summed E-state index contributed by atoms with van der Waals surface area (Å²) in [7, 11) is 1.90. The first-order valence-electron chi connectivity index (χ1n) is 7.50. The number of benzene rings is 1. The second-order valence-corrected chi connectivity index (χ2v) is 5.80. The Morgan fingerprint density at radius 2 is 2.04 bits per heavy atom. The summed E-state index contributed by atoms with van der Waals surface area (Å²) in [5.74, 6) is 0. The number of H-pyrrole nitrogens is 2. The van der Waals surface area contributed by atoms with Crippen LogP contribution in [0.5, 0.6) is 0 Å². The molecule has 0 saturated heterocycles. The van der Waals surface area contributed by atoms with Crippen molar-refractivity contribution in [3.05, 3.63) is 57.3 Å². The summed E-state index contributed by atoms with van der Waals surface area (Å²) in [5, 5.41) is 12.6. The van der Waals surface area contributed by atoms with Gasteiger partial charge in [-0.3, -0.25) is 0 Å². The van der Waals surface area contributed by atoms with E-state index in [1.54, 1.807) is 0 Å². The van der Waals surface area contributed by atoms with E-state index in [1.807, 2.05) is 42.8 Å². The van der Waals surface area contributed by atoms with Crippen LogP contribution in [0.1, 0.15) is 35.5 Å². The molecule has 0 spiro atoms. The van der Waals surface area contributed by atoms with Gasteiger partial charge in [-0.15, -0.1) is 0 Å². The lowest BCUT2D eigenvalue weighted by atomic mass is 10.1.